The van der Waals surface area contributed by atoms with Crippen molar-refractivity contribution in [2.45, 2.75) is 55.7 Å². The Morgan fingerprint density at radius 1 is 1.23 bits per heavy atom. The summed E-state index contributed by atoms with van der Waals surface area (Å²) in [5.74, 6) is 0.996. The third kappa shape index (κ3) is 4.33. The highest BCUT2D eigenvalue weighted by atomic mass is 35.5. The highest BCUT2D eigenvalue weighted by molar-refractivity contribution is 6.42. The van der Waals surface area contributed by atoms with Crippen LogP contribution in [0.5, 0.6) is 11.5 Å². The average Bonchev–Trinajstić information content (AvgIpc) is 3.28. The molecule has 2 unspecified atom stereocenters. The summed E-state index contributed by atoms with van der Waals surface area (Å²) in [7, 11) is 3.34. The topological polar surface area (TPSA) is 68.3 Å². The first-order valence-electron chi connectivity index (χ1n) is 13.9. The van der Waals surface area contributed by atoms with E-state index in [1.807, 2.05) is 30.2 Å². The normalized spacial score (nSPS) is 27.9. The highest BCUT2D eigenvalue weighted by Crippen LogP contribution is 2.64. The number of carbonyl (C=O) groups excluding carboxylic acids is 2. The number of benzene rings is 2. The van der Waals surface area contributed by atoms with E-state index >= 15 is 0 Å². The first-order chi connectivity index (χ1) is 19.3. The molecule has 2 heterocycles. The van der Waals surface area contributed by atoms with Crippen molar-refractivity contribution in [3.05, 3.63) is 69.7 Å². The molecule has 9 heteroatoms. The number of rotatable bonds is 8. The molecular weight excluding hydrogens is 551 g/mol. The molecular formula is C31H34Cl2N2O5. The Morgan fingerprint density at radius 2 is 2.05 bits per heavy atom. The van der Waals surface area contributed by atoms with Crippen LogP contribution in [0.15, 0.2) is 43.0 Å². The molecule has 1 spiro atoms. The maximum absolute atomic E-state index is 13.6. The first kappa shape index (κ1) is 27.6. The van der Waals surface area contributed by atoms with Crippen molar-refractivity contribution in [2.24, 2.45) is 5.92 Å². The Kier molecular flexibility index (Phi) is 7.36. The monoisotopic (exact) mass is 584 g/mol. The quantitative estimate of drug-likeness (QED) is 0.251. The lowest BCUT2D eigenvalue weighted by atomic mass is 9.51. The standard InChI is InChI=1S/C31H34Cl2N2O5/c1-4-12-35-13-11-31-20-7-9-23(34(2)26(36)15-18-5-8-21(32)22(33)14-18)30(31)40-29-25(39-27(37)17-38-3)10-6-19(28(29)31)16-24(20)35/h4-6,8,10,14,20,23-24,30H,1,7,9,11-13,15-17H2,2-3H3/t20-,23?,24+,30?,31-/m0/s1. The molecule has 6 rings (SSSR count). The van der Waals surface area contributed by atoms with E-state index in [1.54, 1.807) is 12.1 Å². The summed E-state index contributed by atoms with van der Waals surface area (Å²) in [5, 5.41) is 0.902. The molecule has 212 valence electrons. The van der Waals surface area contributed by atoms with Gasteiger partial charge in [0.1, 0.15) is 12.7 Å². The van der Waals surface area contributed by atoms with Gasteiger partial charge in [-0.15, -0.1) is 6.58 Å². The minimum atomic E-state index is -0.466. The number of esters is 1. The molecule has 2 aliphatic carbocycles. The molecule has 0 N–H and O–H groups in total. The summed E-state index contributed by atoms with van der Waals surface area (Å²) in [6.45, 7) is 5.64. The predicted molar refractivity (Wildman–Crippen MR) is 153 cm³/mol. The summed E-state index contributed by atoms with van der Waals surface area (Å²) in [6, 6.07) is 9.49. The van der Waals surface area contributed by atoms with Crippen LogP contribution in [0, 0.1) is 5.92 Å². The Morgan fingerprint density at radius 3 is 2.80 bits per heavy atom. The number of piperidine rings is 1. The van der Waals surface area contributed by atoms with Gasteiger partial charge in [-0.05, 0) is 67.5 Å². The molecule has 4 aliphatic rings. The molecule has 0 aromatic heterocycles. The number of amides is 1. The molecule has 2 aromatic carbocycles. The van der Waals surface area contributed by atoms with Crippen LogP contribution in [0.25, 0.3) is 0 Å². The summed E-state index contributed by atoms with van der Waals surface area (Å²) >= 11 is 12.3. The molecule has 5 atom stereocenters. The van der Waals surface area contributed by atoms with Crippen LogP contribution in [-0.2, 0) is 32.6 Å². The Balaban J connectivity index is 1.36. The minimum Gasteiger partial charge on any atom is -0.483 e. The second-order valence-corrected chi connectivity index (χ2v) is 12.2. The summed E-state index contributed by atoms with van der Waals surface area (Å²) in [6.07, 6.45) is 5.62. The van der Waals surface area contributed by atoms with Crippen LogP contribution in [-0.4, -0.2) is 73.7 Å². The van der Waals surface area contributed by atoms with E-state index in [9.17, 15) is 9.59 Å². The smallest absolute Gasteiger partial charge is 0.337 e. The van der Waals surface area contributed by atoms with Crippen LogP contribution < -0.4 is 9.47 Å². The largest absolute Gasteiger partial charge is 0.483 e. The van der Waals surface area contributed by atoms with E-state index < -0.39 is 5.97 Å². The van der Waals surface area contributed by atoms with Gasteiger partial charge in [-0.25, -0.2) is 4.79 Å². The van der Waals surface area contributed by atoms with Crippen molar-refractivity contribution in [3.63, 3.8) is 0 Å². The van der Waals surface area contributed by atoms with Crippen LogP contribution in [0.3, 0.4) is 0 Å². The number of carbonyl (C=O) groups is 2. The van der Waals surface area contributed by atoms with E-state index in [-0.39, 0.29) is 36.5 Å². The average molecular weight is 586 g/mol. The number of hydrogen-bond acceptors (Lipinski definition) is 6. The van der Waals surface area contributed by atoms with Crippen LogP contribution in [0.2, 0.25) is 10.0 Å². The number of hydrogen-bond donors (Lipinski definition) is 0. The van der Waals surface area contributed by atoms with Crippen molar-refractivity contribution in [2.75, 3.05) is 33.9 Å². The molecule has 2 bridgehead atoms. The zero-order chi connectivity index (χ0) is 28.2. The molecule has 1 saturated carbocycles. The second kappa shape index (κ2) is 10.7. The maximum atomic E-state index is 13.6. The molecule has 7 nitrogen and oxygen atoms in total. The van der Waals surface area contributed by atoms with Gasteiger partial charge in [-0.1, -0.05) is 41.4 Å². The molecule has 2 fully saturated rings. The zero-order valence-electron chi connectivity index (χ0n) is 22.8. The van der Waals surface area contributed by atoms with Crippen molar-refractivity contribution in [1.82, 2.24) is 9.80 Å². The Hall–Kier alpha value is -2.58. The maximum Gasteiger partial charge on any atom is 0.337 e. The van der Waals surface area contributed by atoms with E-state index in [0.717, 1.165) is 44.3 Å². The van der Waals surface area contributed by atoms with Gasteiger partial charge < -0.3 is 19.1 Å². The van der Waals surface area contributed by atoms with Crippen LogP contribution >= 0.6 is 23.2 Å². The second-order valence-electron chi connectivity index (χ2n) is 11.4. The number of ether oxygens (including phenoxy) is 3. The Bertz CT molecular complexity index is 1370. The molecule has 2 aromatic rings. The summed E-state index contributed by atoms with van der Waals surface area (Å²) < 4.78 is 17.6. The van der Waals surface area contributed by atoms with Crippen molar-refractivity contribution >= 4 is 35.1 Å². The van der Waals surface area contributed by atoms with Gasteiger partial charge in [-0.3, -0.25) is 9.69 Å². The Labute approximate surface area is 244 Å². The zero-order valence-corrected chi connectivity index (χ0v) is 24.3. The molecule has 0 radical (unpaired) electrons. The van der Waals surface area contributed by atoms with Gasteiger partial charge >= 0.3 is 5.97 Å². The fraction of sp³-hybridized carbons (Fsp3) is 0.484. The van der Waals surface area contributed by atoms with Gasteiger partial charge in [0.25, 0.3) is 0 Å². The van der Waals surface area contributed by atoms with Gasteiger partial charge in [0.15, 0.2) is 11.5 Å². The van der Waals surface area contributed by atoms with Crippen LogP contribution in [0.1, 0.15) is 36.0 Å². The molecule has 2 aliphatic heterocycles. The molecule has 1 saturated heterocycles. The van der Waals surface area contributed by atoms with E-state index in [2.05, 4.69) is 17.5 Å². The number of methoxy groups -OCH3 is 1. The van der Waals surface area contributed by atoms with E-state index in [4.69, 9.17) is 37.4 Å². The van der Waals surface area contributed by atoms with E-state index in [1.165, 1.54) is 18.2 Å². The van der Waals surface area contributed by atoms with E-state index in [0.29, 0.717) is 33.5 Å². The van der Waals surface area contributed by atoms with Gasteiger partial charge in [0, 0.05) is 37.7 Å². The third-order valence-corrected chi connectivity index (χ3v) is 10.2. The molecule has 1 amide bonds. The number of likely N-dealkylation sites (N-methyl/N-ethyl adjacent to an activating group) is 1. The highest BCUT2D eigenvalue weighted by Gasteiger charge is 2.66. The minimum absolute atomic E-state index is 0.00113. The SMILES string of the molecule is C=CCN1CC[C@]23c4c5ccc(OC(=O)COC)c4OC2C(N(C)C(=O)Cc2ccc(Cl)c(Cl)c2)CC[C@H]3[C@H]1C5. The lowest BCUT2D eigenvalue weighted by Gasteiger charge is -2.60. The predicted octanol–water partition coefficient (Wildman–Crippen LogP) is 4.84. The fourth-order valence-electron chi connectivity index (χ4n) is 7.86. The number of likely N-dealkylation sites (tertiary alicyclic amines) is 1. The van der Waals surface area contributed by atoms with Crippen molar-refractivity contribution in [1.29, 1.82) is 0 Å². The van der Waals surface area contributed by atoms with Gasteiger partial charge in [-0.2, -0.15) is 0 Å². The number of nitrogens with zero attached hydrogens (tertiary/aromatic N) is 2. The summed E-state index contributed by atoms with van der Waals surface area (Å²) in [5.41, 5.74) is 2.98. The fourth-order valence-corrected chi connectivity index (χ4v) is 8.18. The lowest BCUT2D eigenvalue weighted by molar-refractivity contribution is -0.139. The third-order valence-electron chi connectivity index (χ3n) is 9.47. The van der Waals surface area contributed by atoms with Crippen LogP contribution in [0.4, 0.5) is 0 Å². The summed E-state index contributed by atoms with van der Waals surface area (Å²) in [4.78, 5) is 30.4. The van der Waals surface area contributed by atoms with Crippen molar-refractivity contribution < 1.29 is 23.8 Å². The van der Waals surface area contributed by atoms with Gasteiger partial charge in [0.05, 0.1) is 22.5 Å². The number of halogens is 2. The van der Waals surface area contributed by atoms with Gasteiger partial charge in [0.2, 0.25) is 5.91 Å². The first-order valence-corrected chi connectivity index (χ1v) is 14.6. The molecule has 40 heavy (non-hydrogen) atoms. The van der Waals surface area contributed by atoms with Crippen molar-refractivity contribution in [3.8, 4) is 11.5 Å². The lowest BCUT2D eigenvalue weighted by Crippen LogP contribution is -2.69.